The molecule has 9 heteroatoms. The second-order valence-electron chi connectivity index (χ2n) is 16.3. The van der Waals surface area contributed by atoms with Crippen molar-refractivity contribution in [3.63, 3.8) is 0 Å². The maximum absolute atomic E-state index is 12.5. The van der Waals surface area contributed by atoms with Gasteiger partial charge in [0.1, 0.15) is 19.3 Å². The molecule has 2 atom stereocenters. The molecule has 0 aliphatic heterocycles. The smallest absolute Gasteiger partial charge is 0.407 e. The van der Waals surface area contributed by atoms with Crippen LogP contribution in [0.3, 0.4) is 0 Å². The fourth-order valence-corrected chi connectivity index (χ4v) is 6.15. The van der Waals surface area contributed by atoms with E-state index in [9.17, 15) is 9.59 Å². The molecule has 1 amide bonds. The van der Waals surface area contributed by atoms with Gasteiger partial charge in [0.25, 0.3) is 0 Å². The van der Waals surface area contributed by atoms with Gasteiger partial charge in [0.15, 0.2) is 0 Å². The predicted molar refractivity (Wildman–Crippen MR) is 223 cm³/mol. The van der Waals surface area contributed by atoms with Gasteiger partial charge < -0.3 is 33.7 Å². The van der Waals surface area contributed by atoms with E-state index in [1.165, 1.54) is 135 Å². The lowest BCUT2D eigenvalue weighted by Gasteiger charge is -2.33. The van der Waals surface area contributed by atoms with Crippen LogP contribution >= 0.6 is 0 Å². The van der Waals surface area contributed by atoms with E-state index in [1.54, 1.807) is 7.11 Å². The van der Waals surface area contributed by atoms with Gasteiger partial charge in [-0.25, -0.2) is 4.79 Å². The number of unbranched alkanes of at least 4 members (excludes halogenated alkanes) is 22. The van der Waals surface area contributed by atoms with E-state index in [0.717, 1.165) is 25.7 Å². The van der Waals surface area contributed by atoms with E-state index in [4.69, 9.17) is 28.4 Å². The molecule has 322 valence electrons. The third kappa shape index (κ3) is 35.0. The van der Waals surface area contributed by atoms with Crippen molar-refractivity contribution in [3.05, 3.63) is 0 Å². The summed E-state index contributed by atoms with van der Waals surface area (Å²) in [5.41, 5.74) is -0.841. The van der Waals surface area contributed by atoms with Crippen molar-refractivity contribution in [1.29, 1.82) is 0 Å². The molecule has 0 heterocycles. The lowest BCUT2D eigenvalue weighted by atomic mass is 9.99. The van der Waals surface area contributed by atoms with Crippen molar-refractivity contribution in [3.8, 4) is 0 Å². The first-order valence-corrected chi connectivity index (χ1v) is 22.6. The van der Waals surface area contributed by atoms with Gasteiger partial charge in [0.2, 0.25) is 0 Å². The van der Waals surface area contributed by atoms with E-state index in [1.807, 2.05) is 27.7 Å². The minimum absolute atomic E-state index is 0.0710. The van der Waals surface area contributed by atoms with Crippen molar-refractivity contribution in [2.75, 3.05) is 53.3 Å². The standard InChI is InChI=1S/C45H89NO8/c1-8-11-13-15-17-19-21-23-25-27-29-31-34-50-38-41(51-35-32-30-28-26-24-22-20-18-16-14-12-9-2)39-53-43(48)46-37-42(47)52-36-33-45(6,10-3)54-40-44(4,5)49-7/h41H,8-40H2,1-7H3,(H,46,48)/t41-,45?/m1/s1. The number of hydrogen-bond donors (Lipinski definition) is 1. The van der Waals surface area contributed by atoms with Crippen LogP contribution in [-0.4, -0.2) is 82.7 Å². The second-order valence-corrected chi connectivity index (χ2v) is 16.3. The number of rotatable bonds is 41. The van der Waals surface area contributed by atoms with E-state index < -0.39 is 23.3 Å². The Morgan fingerprint density at radius 1 is 0.574 bits per heavy atom. The van der Waals surface area contributed by atoms with Crippen LogP contribution in [0.2, 0.25) is 0 Å². The molecule has 1 N–H and O–H groups in total. The van der Waals surface area contributed by atoms with Gasteiger partial charge in [-0.2, -0.15) is 0 Å². The van der Waals surface area contributed by atoms with E-state index >= 15 is 0 Å². The monoisotopic (exact) mass is 772 g/mol. The third-order valence-corrected chi connectivity index (χ3v) is 10.5. The molecule has 0 saturated carbocycles. The Morgan fingerprint density at radius 2 is 1.04 bits per heavy atom. The van der Waals surface area contributed by atoms with Gasteiger partial charge in [-0.1, -0.05) is 162 Å². The number of esters is 1. The first kappa shape index (κ1) is 52.6. The minimum Gasteiger partial charge on any atom is -0.464 e. The molecular weight excluding hydrogens is 682 g/mol. The van der Waals surface area contributed by atoms with Crippen LogP contribution in [0.4, 0.5) is 4.79 Å². The van der Waals surface area contributed by atoms with Crippen LogP contribution in [0.25, 0.3) is 0 Å². The second kappa shape index (κ2) is 37.2. The molecule has 0 radical (unpaired) electrons. The summed E-state index contributed by atoms with van der Waals surface area (Å²) >= 11 is 0. The summed E-state index contributed by atoms with van der Waals surface area (Å²) in [7, 11) is 1.66. The summed E-state index contributed by atoms with van der Waals surface area (Å²) < 4.78 is 34.5. The van der Waals surface area contributed by atoms with Crippen LogP contribution in [0.1, 0.15) is 208 Å². The van der Waals surface area contributed by atoms with E-state index in [-0.39, 0.29) is 25.9 Å². The van der Waals surface area contributed by atoms with E-state index in [0.29, 0.717) is 32.8 Å². The number of carbonyl (C=O) groups is 2. The Hall–Kier alpha value is -1.42. The molecule has 0 aromatic heterocycles. The summed E-state index contributed by atoms with van der Waals surface area (Å²) in [6.45, 7) is 14.6. The number of carbonyl (C=O) groups excluding carboxylic acids is 2. The Bertz CT molecular complexity index is 840. The van der Waals surface area contributed by atoms with E-state index in [2.05, 4.69) is 19.2 Å². The highest BCUT2D eigenvalue weighted by Crippen LogP contribution is 2.23. The fraction of sp³-hybridized carbons (Fsp3) is 0.956. The van der Waals surface area contributed by atoms with Gasteiger partial charge in [-0.15, -0.1) is 0 Å². The SMILES string of the molecule is CCCCCCCCCCCCCCOC[C@H](COC(=O)NCC(=O)OCCC(C)(CC)OCC(C)(C)OC)OCCCCCCCCCCCCCC. The number of ether oxygens (including phenoxy) is 6. The number of alkyl carbamates (subject to hydrolysis) is 1. The molecule has 9 nitrogen and oxygen atoms in total. The number of nitrogens with one attached hydrogen (secondary N) is 1. The highest BCUT2D eigenvalue weighted by Gasteiger charge is 2.28. The van der Waals surface area contributed by atoms with Gasteiger partial charge in [0, 0.05) is 26.7 Å². The molecule has 0 bridgehead atoms. The third-order valence-electron chi connectivity index (χ3n) is 10.5. The molecule has 1 unspecified atom stereocenters. The van der Waals surface area contributed by atoms with Crippen LogP contribution < -0.4 is 5.32 Å². The molecule has 0 rings (SSSR count). The molecular formula is C45H89NO8. The molecule has 0 spiro atoms. The zero-order valence-electron chi connectivity index (χ0n) is 36.7. The first-order chi connectivity index (χ1) is 26.1. The summed E-state index contributed by atoms with van der Waals surface area (Å²) in [4.78, 5) is 24.8. The van der Waals surface area contributed by atoms with Crippen LogP contribution in [0.15, 0.2) is 0 Å². The molecule has 0 saturated heterocycles. The van der Waals surface area contributed by atoms with Crippen molar-refractivity contribution < 1.29 is 38.0 Å². The number of amides is 1. The Morgan fingerprint density at radius 3 is 1.50 bits per heavy atom. The quantitative estimate of drug-likeness (QED) is 0.0484. The average Bonchev–Trinajstić information content (AvgIpc) is 3.16. The van der Waals surface area contributed by atoms with Crippen LogP contribution in [0, 0.1) is 0 Å². The lowest BCUT2D eigenvalue weighted by molar-refractivity contribution is -0.148. The highest BCUT2D eigenvalue weighted by molar-refractivity contribution is 5.77. The van der Waals surface area contributed by atoms with Gasteiger partial charge in [-0.3, -0.25) is 4.79 Å². The molecule has 0 aromatic rings. The summed E-state index contributed by atoms with van der Waals surface area (Å²) in [5.74, 6) is -0.520. The number of hydrogen-bond acceptors (Lipinski definition) is 8. The van der Waals surface area contributed by atoms with Crippen LogP contribution in [0.5, 0.6) is 0 Å². The zero-order valence-corrected chi connectivity index (χ0v) is 36.7. The van der Waals surface area contributed by atoms with Crippen molar-refractivity contribution in [2.45, 2.75) is 226 Å². The fourth-order valence-electron chi connectivity index (χ4n) is 6.15. The topological polar surface area (TPSA) is 102 Å². The first-order valence-electron chi connectivity index (χ1n) is 22.6. The highest BCUT2D eigenvalue weighted by atomic mass is 16.6. The predicted octanol–water partition coefficient (Wildman–Crippen LogP) is 12.1. The largest absolute Gasteiger partial charge is 0.464 e. The zero-order chi connectivity index (χ0) is 40.0. The van der Waals surface area contributed by atoms with Crippen molar-refractivity contribution in [1.82, 2.24) is 5.32 Å². The summed E-state index contributed by atoms with van der Waals surface area (Å²) in [6, 6.07) is 0. The maximum atomic E-state index is 12.5. The normalized spacial score (nSPS) is 13.5. The molecule has 0 fully saturated rings. The number of methoxy groups -OCH3 is 1. The maximum Gasteiger partial charge on any atom is 0.407 e. The lowest BCUT2D eigenvalue weighted by Crippen LogP contribution is -2.38. The molecule has 0 aromatic carbocycles. The molecule has 0 aliphatic carbocycles. The van der Waals surface area contributed by atoms with Gasteiger partial charge in [-0.05, 0) is 40.0 Å². The Balaban J connectivity index is 4.41. The van der Waals surface area contributed by atoms with Crippen molar-refractivity contribution in [2.24, 2.45) is 0 Å². The average molecular weight is 772 g/mol. The minimum atomic E-state index is -0.671. The van der Waals surface area contributed by atoms with Crippen LogP contribution in [-0.2, 0) is 33.2 Å². The van der Waals surface area contributed by atoms with Gasteiger partial charge in [0.05, 0.1) is 31.0 Å². The Kier molecular flexibility index (Phi) is 36.2. The summed E-state index contributed by atoms with van der Waals surface area (Å²) in [5, 5.41) is 2.51. The summed E-state index contributed by atoms with van der Waals surface area (Å²) in [6.07, 6.45) is 31.5. The van der Waals surface area contributed by atoms with Gasteiger partial charge >= 0.3 is 12.1 Å². The molecule has 54 heavy (non-hydrogen) atoms. The Labute approximate surface area is 333 Å². The van der Waals surface area contributed by atoms with Crippen molar-refractivity contribution >= 4 is 12.1 Å². The molecule has 0 aliphatic rings.